The van der Waals surface area contributed by atoms with E-state index in [1.54, 1.807) is 19.2 Å². The number of likely N-dealkylation sites (N-methyl/N-ethyl adjacent to an activating group) is 1. The molecule has 1 aromatic carbocycles. The van der Waals surface area contributed by atoms with Crippen molar-refractivity contribution in [2.75, 3.05) is 33.9 Å². The third-order valence-corrected chi connectivity index (χ3v) is 4.44. The normalized spacial score (nSPS) is 17.9. The average molecular weight is 355 g/mol. The van der Waals surface area contributed by atoms with Gasteiger partial charge < -0.3 is 19.7 Å². The molecule has 1 aromatic rings. The molecule has 0 aliphatic carbocycles. The van der Waals surface area contributed by atoms with Crippen LogP contribution in [0.3, 0.4) is 0 Å². The lowest BCUT2D eigenvalue weighted by atomic mass is 10.0. The Balaban J connectivity index is 2.21. The lowest BCUT2D eigenvalue weighted by molar-refractivity contribution is 0.0697. The number of likely N-dealkylation sites (tertiary alicyclic amines) is 1. The molecule has 1 fully saturated rings. The third-order valence-electron chi connectivity index (χ3n) is 4.15. The first kappa shape index (κ1) is 18.9. The highest BCUT2D eigenvalue weighted by Crippen LogP contribution is 2.37. The monoisotopic (exact) mass is 354 g/mol. The van der Waals surface area contributed by atoms with Crippen LogP contribution < -0.4 is 14.8 Å². The number of hydrogen-bond acceptors (Lipinski definition) is 4. The first-order chi connectivity index (χ1) is 11.5. The number of methoxy groups -OCH3 is 1. The second-order valence-corrected chi connectivity index (χ2v) is 6.98. The van der Waals surface area contributed by atoms with E-state index < -0.39 is 0 Å². The molecule has 1 aliphatic rings. The summed E-state index contributed by atoms with van der Waals surface area (Å²) in [5, 5.41) is 3.65. The first-order valence-electron chi connectivity index (χ1n) is 8.43. The van der Waals surface area contributed by atoms with Crippen LogP contribution in [-0.2, 0) is 0 Å². The zero-order valence-electron chi connectivity index (χ0n) is 14.9. The van der Waals surface area contributed by atoms with E-state index in [1.165, 1.54) is 0 Å². The first-order valence-corrected chi connectivity index (χ1v) is 8.81. The van der Waals surface area contributed by atoms with Gasteiger partial charge in [0.05, 0.1) is 18.7 Å². The van der Waals surface area contributed by atoms with Gasteiger partial charge in [-0.15, -0.1) is 0 Å². The van der Waals surface area contributed by atoms with E-state index in [1.807, 2.05) is 11.9 Å². The Hall–Kier alpha value is -1.46. The number of nitrogens with one attached hydrogen (secondary N) is 1. The second kappa shape index (κ2) is 8.58. The zero-order valence-corrected chi connectivity index (χ0v) is 15.7. The van der Waals surface area contributed by atoms with Gasteiger partial charge in [0, 0.05) is 24.7 Å². The van der Waals surface area contributed by atoms with Crippen molar-refractivity contribution in [3.63, 3.8) is 0 Å². The van der Waals surface area contributed by atoms with Gasteiger partial charge in [-0.1, -0.05) is 25.4 Å². The lowest BCUT2D eigenvalue weighted by Crippen LogP contribution is -2.46. The summed E-state index contributed by atoms with van der Waals surface area (Å²) < 4.78 is 11.1. The van der Waals surface area contributed by atoms with Gasteiger partial charge in [0.25, 0.3) is 5.91 Å². The third kappa shape index (κ3) is 4.54. The van der Waals surface area contributed by atoms with Crippen molar-refractivity contribution >= 4 is 17.5 Å². The number of carbonyl (C=O) groups excluding carboxylic acids is 1. The summed E-state index contributed by atoms with van der Waals surface area (Å²) in [6.45, 7) is 6.14. The Morgan fingerprint density at radius 2 is 2.21 bits per heavy atom. The fourth-order valence-corrected chi connectivity index (χ4v) is 3.08. The van der Waals surface area contributed by atoms with E-state index in [2.05, 4.69) is 19.2 Å². The van der Waals surface area contributed by atoms with Gasteiger partial charge in [-0.05, 0) is 37.9 Å². The number of rotatable bonds is 6. The van der Waals surface area contributed by atoms with Crippen LogP contribution in [0.15, 0.2) is 12.1 Å². The molecule has 0 unspecified atom stereocenters. The number of ether oxygens (including phenoxy) is 2. The van der Waals surface area contributed by atoms with E-state index in [-0.39, 0.29) is 5.91 Å². The Kier molecular flexibility index (Phi) is 6.75. The van der Waals surface area contributed by atoms with Crippen LogP contribution in [0, 0.1) is 5.92 Å². The van der Waals surface area contributed by atoms with Crippen molar-refractivity contribution in [2.24, 2.45) is 5.92 Å². The summed E-state index contributed by atoms with van der Waals surface area (Å²) in [6, 6.07) is 3.73. The van der Waals surface area contributed by atoms with E-state index in [9.17, 15) is 4.79 Å². The molecule has 5 nitrogen and oxygen atoms in total. The van der Waals surface area contributed by atoms with Crippen molar-refractivity contribution in [2.45, 2.75) is 32.7 Å². The summed E-state index contributed by atoms with van der Waals surface area (Å²) in [5.74, 6) is 1.34. The molecule has 1 saturated heterocycles. The zero-order chi connectivity index (χ0) is 17.7. The Labute approximate surface area is 149 Å². The van der Waals surface area contributed by atoms with Crippen LogP contribution in [-0.4, -0.2) is 50.7 Å². The molecule has 134 valence electrons. The summed E-state index contributed by atoms with van der Waals surface area (Å²) in [6.07, 6.45) is 2.09. The van der Waals surface area contributed by atoms with Gasteiger partial charge >= 0.3 is 0 Å². The Morgan fingerprint density at radius 3 is 2.83 bits per heavy atom. The summed E-state index contributed by atoms with van der Waals surface area (Å²) in [7, 11) is 3.49. The Morgan fingerprint density at radius 1 is 1.46 bits per heavy atom. The number of halogens is 1. The van der Waals surface area contributed by atoms with Crippen molar-refractivity contribution < 1.29 is 14.3 Å². The van der Waals surface area contributed by atoms with Crippen molar-refractivity contribution in [1.82, 2.24) is 10.2 Å². The number of benzene rings is 1. The van der Waals surface area contributed by atoms with Gasteiger partial charge in [-0.25, -0.2) is 0 Å². The highest BCUT2D eigenvalue weighted by molar-refractivity contribution is 6.32. The molecular weight excluding hydrogens is 328 g/mol. The van der Waals surface area contributed by atoms with Crippen LogP contribution in [0.1, 0.15) is 37.0 Å². The standard InChI is InChI=1S/C18H27ClN2O3/c1-12(2)11-24-17-15(19)8-13(9-16(17)23-4)18(22)21-7-5-6-14(10-21)20-3/h8-9,12,14,20H,5-7,10-11H2,1-4H3/t14-/m1/s1. The maximum atomic E-state index is 12.8. The van der Waals surface area contributed by atoms with Crippen LogP contribution in [0.25, 0.3) is 0 Å². The fourth-order valence-electron chi connectivity index (χ4n) is 2.81. The molecule has 24 heavy (non-hydrogen) atoms. The molecule has 1 aliphatic heterocycles. The number of hydrogen-bond donors (Lipinski definition) is 1. The summed E-state index contributed by atoms with van der Waals surface area (Å²) in [4.78, 5) is 14.7. The number of nitrogens with zero attached hydrogens (tertiary/aromatic N) is 1. The minimum absolute atomic E-state index is 0.0226. The fraction of sp³-hybridized carbons (Fsp3) is 0.611. The molecule has 0 bridgehead atoms. The summed E-state index contributed by atoms with van der Waals surface area (Å²) in [5.41, 5.74) is 0.533. The van der Waals surface area contributed by atoms with Gasteiger partial charge in [-0.2, -0.15) is 0 Å². The van der Waals surface area contributed by atoms with E-state index >= 15 is 0 Å². The minimum Gasteiger partial charge on any atom is -0.493 e. The molecule has 6 heteroatoms. The smallest absolute Gasteiger partial charge is 0.254 e. The largest absolute Gasteiger partial charge is 0.493 e. The molecule has 0 radical (unpaired) electrons. The quantitative estimate of drug-likeness (QED) is 0.852. The molecule has 1 N–H and O–H groups in total. The van der Waals surface area contributed by atoms with Gasteiger partial charge in [-0.3, -0.25) is 4.79 Å². The van der Waals surface area contributed by atoms with Gasteiger partial charge in [0.1, 0.15) is 0 Å². The van der Waals surface area contributed by atoms with Gasteiger partial charge in [0.15, 0.2) is 11.5 Å². The average Bonchev–Trinajstić information content (AvgIpc) is 2.59. The highest BCUT2D eigenvalue weighted by Gasteiger charge is 2.25. The van der Waals surface area contributed by atoms with Crippen LogP contribution >= 0.6 is 11.6 Å². The van der Waals surface area contributed by atoms with Crippen molar-refractivity contribution in [3.05, 3.63) is 22.7 Å². The molecule has 0 saturated carbocycles. The number of carbonyl (C=O) groups is 1. The molecule has 0 aromatic heterocycles. The second-order valence-electron chi connectivity index (χ2n) is 6.57. The van der Waals surface area contributed by atoms with E-state index in [0.29, 0.717) is 47.2 Å². The van der Waals surface area contributed by atoms with E-state index in [4.69, 9.17) is 21.1 Å². The van der Waals surface area contributed by atoms with E-state index in [0.717, 1.165) is 19.4 Å². The minimum atomic E-state index is -0.0226. The van der Waals surface area contributed by atoms with Gasteiger partial charge in [0.2, 0.25) is 0 Å². The molecule has 0 spiro atoms. The maximum Gasteiger partial charge on any atom is 0.254 e. The topological polar surface area (TPSA) is 50.8 Å². The Bertz CT molecular complexity index is 578. The van der Waals surface area contributed by atoms with Crippen LogP contribution in [0.4, 0.5) is 0 Å². The molecule has 1 heterocycles. The van der Waals surface area contributed by atoms with Crippen molar-refractivity contribution in [3.8, 4) is 11.5 Å². The predicted octanol–water partition coefficient (Wildman–Crippen LogP) is 3.21. The maximum absolute atomic E-state index is 12.8. The lowest BCUT2D eigenvalue weighted by Gasteiger charge is -2.32. The predicted molar refractivity (Wildman–Crippen MR) is 96.3 cm³/mol. The molecule has 1 amide bonds. The highest BCUT2D eigenvalue weighted by atomic mass is 35.5. The van der Waals surface area contributed by atoms with Crippen LogP contribution in [0.2, 0.25) is 5.02 Å². The SMILES string of the molecule is CN[C@@H]1CCCN(C(=O)c2cc(Cl)c(OCC(C)C)c(OC)c2)C1. The number of amides is 1. The molecule has 1 atom stereocenters. The molecule has 2 rings (SSSR count). The molecular formula is C18H27ClN2O3. The van der Waals surface area contributed by atoms with Crippen LogP contribution in [0.5, 0.6) is 11.5 Å². The number of piperidine rings is 1. The van der Waals surface area contributed by atoms with Crippen molar-refractivity contribution in [1.29, 1.82) is 0 Å². The summed E-state index contributed by atoms with van der Waals surface area (Å²) >= 11 is 6.35.